The third-order valence-electron chi connectivity index (χ3n) is 2.56. The van der Waals surface area contributed by atoms with Crippen LogP contribution in [0, 0.1) is 0 Å². The molecule has 0 saturated carbocycles. The fourth-order valence-corrected chi connectivity index (χ4v) is 1.56. The molecule has 1 rings (SSSR count). The van der Waals surface area contributed by atoms with Crippen molar-refractivity contribution in [2.75, 3.05) is 12.3 Å². The molecule has 2 atom stereocenters. The van der Waals surface area contributed by atoms with E-state index < -0.39 is 6.10 Å². The molecule has 0 aliphatic heterocycles. The zero-order valence-electron chi connectivity index (χ0n) is 10.0. The van der Waals surface area contributed by atoms with E-state index in [4.69, 9.17) is 10.5 Å². The van der Waals surface area contributed by atoms with Crippen molar-refractivity contribution in [3.63, 3.8) is 0 Å². The van der Waals surface area contributed by atoms with Crippen molar-refractivity contribution in [3.8, 4) is 0 Å². The Bertz CT molecular complexity index is 297. The summed E-state index contributed by atoms with van der Waals surface area (Å²) in [5, 5.41) is 9.86. The second-order valence-electron chi connectivity index (χ2n) is 4.12. The van der Waals surface area contributed by atoms with Gasteiger partial charge in [0.05, 0.1) is 12.7 Å². The average molecular weight is 223 g/mol. The van der Waals surface area contributed by atoms with Crippen LogP contribution in [0.25, 0.3) is 0 Å². The third-order valence-corrected chi connectivity index (χ3v) is 2.56. The van der Waals surface area contributed by atoms with E-state index in [0.717, 1.165) is 18.4 Å². The fraction of sp³-hybridized carbons (Fsp3) is 0.538. The van der Waals surface area contributed by atoms with Gasteiger partial charge in [-0.1, -0.05) is 25.5 Å². The van der Waals surface area contributed by atoms with E-state index in [1.807, 2.05) is 19.1 Å². The molecule has 0 aromatic heterocycles. The Kier molecular flexibility index (Phi) is 5.29. The summed E-state index contributed by atoms with van der Waals surface area (Å²) in [6, 6.07) is 7.23. The van der Waals surface area contributed by atoms with Gasteiger partial charge in [0.1, 0.15) is 6.10 Å². The lowest BCUT2D eigenvalue weighted by atomic mass is 10.1. The quantitative estimate of drug-likeness (QED) is 0.728. The van der Waals surface area contributed by atoms with E-state index in [-0.39, 0.29) is 6.10 Å². The van der Waals surface area contributed by atoms with Crippen molar-refractivity contribution in [3.05, 3.63) is 29.8 Å². The second kappa shape index (κ2) is 6.51. The van der Waals surface area contributed by atoms with Gasteiger partial charge in [-0.15, -0.1) is 0 Å². The fourth-order valence-electron chi connectivity index (χ4n) is 1.56. The number of hydrogen-bond acceptors (Lipinski definition) is 3. The second-order valence-corrected chi connectivity index (χ2v) is 4.12. The van der Waals surface area contributed by atoms with Gasteiger partial charge in [-0.05, 0) is 31.0 Å². The molecule has 16 heavy (non-hydrogen) atoms. The molecule has 0 aliphatic carbocycles. The molecule has 1 aromatic rings. The van der Waals surface area contributed by atoms with Gasteiger partial charge in [0.15, 0.2) is 0 Å². The molecular weight excluding hydrogens is 202 g/mol. The number of ether oxygens (including phenoxy) is 1. The van der Waals surface area contributed by atoms with Crippen molar-refractivity contribution in [2.45, 2.75) is 38.9 Å². The summed E-state index contributed by atoms with van der Waals surface area (Å²) in [6.45, 7) is 4.49. The molecule has 3 heteroatoms. The Labute approximate surface area is 97.2 Å². The number of nitrogens with two attached hydrogens (primary N) is 1. The predicted molar refractivity (Wildman–Crippen MR) is 66.1 cm³/mol. The first kappa shape index (κ1) is 13.0. The molecule has 3 N–H and O–H groups in total. The van der Waals surface area contributed by atoms with E-state index in [1.165, 1.54) is 0 Å². The number of anilines is 1. The maximum atomic E-state index is 9.86. The van der Waals surface area contributed by atoms with Crippen LogP contribution >= 0.6 is 0 Å². The molecular formula is C13H21NO2. The zero-order chi connectivity index (χ0) is 12.0. The Morgan fingerprint density at radius 3 is 2.50 bits per heavy atom. The molecule has 0 amide bonds. The van der Waals surface area contributed by atoms with Crippen LogP contribution in [0.2, 0.25) is 0 Å². The Balaban J connectivity index is 2.40. The van der Waals surface area contributed by atoms with Gasteiger partial charge in [-0.3, -0.25) is 0 Å². The molecule has 0 bridgehead atoms. The minimum Gasteiger partial charge on any atom is -0.399 e. The van der Waals surface area contributed by atoms with Gasteiger partial charge in [0, 0.05) is 5.69 Å². The van der Waals surface area contributed by atoms with Crippen molar-refractivity contribution in [1.82, 2.24) is 0 Å². The van der Waals surface area contributed by atoms with Crippen LogP contribution in [0.15, 0.2) is 24.3 Å². The van der Waals surface area contributed by atoms with Gasteiger partial charge < -0.3 is 15.6 Å². The van der Waals surface area contributed by atoms with E-state index >= 15 is 0 Å². The van der Waals surface area contributed by atoms with Gasteiger partial charge in [-0.2, -0.15) is 0 Å². The summed E-state index contributed by atoms with van der Waals surface area (Å²) in [7, 11) is 0. The summed E-state index contributed by atoms with van der Waals surface area (Å²) in [5.41, 5.74) is 7.13. The lowest BCUT2D eigenvalue weighted by Gasteiger charge is -2.16. The Hall–Kier alpha value is -1.06. The molecule has 0 heterocycles. The van der Waals surface area contributed by atoms with Gasteiger partial charge in [0.2, 0.25) is 0 Å². The molecule has 0 spiro atoms. The lowest BCUT2D eigenvalue weighted by Crippen LogP contribution is -2.14. The van der Waals surface area contributed by atoms with Crippen LogP contribution < -0.4 is 5.73 Å². The summed E-state index contributed by atoms with van der Waals surface area (Å²) < 4.78 is 5.55. The normalized spacial score (nSPS) is 14.7. The Morgan fingerprint density at radius 2 is 1.94 bits per heavy atom. The first-order valence-electron chi connectivity index (χ1n) is 5.78. The highest BCUT2D eigenvalue weighted by molar-refractivity contribution is 5.39. The first-order chi connectivity index (χ1) is 7.63. The minimum atomic E-state index is -0.570. The van der Waals surface area contributed by atoms with Gasteiger partial charge >= 0.3 is 0 Å². The molecule has 3 nitrogen and oxygen atoms in total. The van der Waals surface area contributed by atoms with E-state index in [0.29, 0.717) is 12.3 Å². The predicted octanol–water partition coefficient (Wildman–Crippen LogP) is 2.51. The number of rotatable bonds is 6. The zero-order valence-corrected chi connectivity index (χ0v) is 10.0. The maximum Gasteiger partial charge on any atom is 0.102 e. The van der Waals surface area contributed by atoms with Gasteiger partial charge in [-0.25, -0.2) is 0 Å². The van der Waals surface area contributed by atoms with Crippen LogP contribution in [0.1, 0.15) is 38.4 Å². The van der Waals surface area contributed by atoms with Crippen LogP contribution in [0.4, 0.5) is 5.69 Å². The van der Waals surface area contributed by atoms with Gasteiger partial charge in [0.25, 0.3) is 0 Å². The third kappa shape index (κ3) is 4.21. The molecule has 2 unspecified atom stereocenters. The molecule has 0 saturated heterocycles. The minimum absolute atomic E-state index is 0.202. The van der Waals surface area contributed by atoms with Crippen molar-refractivity contribution >= 4 is 5.69 Å². The highest BCUT2D eigenvalue weighted by Gasteiger charge is 2.09. The van der Waals surface area contributed by atoms with Crippen LogP contribution in [-0.4, -0.2) is 17.8 Å². The summed E-state index contributed by atoms with van der Waals surface area (Å²) in [6.07, 6.45) is 1.75. The van der Waals surface area contributed by atoms with Crippen LogP contribution in [-0.2, 0) is 4.74 Å². The standard InChI is InChI=1S/C13H21NO2/c1-3-4-10(2)16-9-13(15)11-5-7-12(14)8-6-11/h5-8,10,13,15H,3-4,9,14H2,1-2H3. The topological polar surface area (TPSA) is 55.5 Å². The number of benzene rings is 1. The smallest absolute Gasteiger partial charge is 0.102 e. The molecule has 0 aliphatic rings. The molecule has 0 radical (unpaired) electrons. The monoisotopic (exact) mass is 223 g/mol. The highest BCUT2D eigenvalue weighted by Crippen LogP contribution is 2.16. The first-order valence-corrected chi connectivity index (χ1v) is 5.78. The summed E-state index contributed by atoms with van der Waals surface area (Å²) in [4.78, 5) is 0. The lowest BCUT2D eigenvalue weighted by molar-refractivity contribution is -0.00583. The van der Waals surface area contributed by atoms with E-state index in [1.54, 1.807) is 12.1 Å². The van der Waals surface area contributed by atoms with Crippen molar-refractivity contribution < 1.29 is 9.84 Å². The van der Waals surface area contributed by atoms with E-state index in [9.17, 15) is 5.11 Å². The van der Waals surface area contributed by atoms with Crippen molar-refractivity contribution in [1.29, 1.82) is 0 Å². The molecule has 90 valence electrons. The highest BCUT2D eigenvalue weighted by atomic mass is 16.5. The number of nitrogen functional groups attached to an aromatic ring is 1. The van der Waals surface area contributed by atoms with Crippen LogP contribution in [0.3, 0.4) is 0 Å². The number of hydrogen-bond donors (Lipinski definition) is 2. The average Bonchev–Trinajstić information content (AvgIpc) is 2.27. The molecule has 0 fully saturated rings. The maximum absolute atomic E-state index is 9.86. The summed E-state index contributed by atoms with van der Waals surface area (Å²) in [5.74, 6) is 0. The van der Waals surface area contributed by atoms with E-state index in [2.05, 4.69) is 6.92 Å². The molecule has 1 aromatic carbocycles. The van der Waals surface area contributed by atoms with Crippen molar-refractivity contribution in [2.24, 2.45) is 0 Å². The SMILES string of the molecule is CCCC(C)OCC(O)c1ccc(N)cc1. The largest absolute Gasteiger partial charge is 0.399 e. The summed E-state index contributed by atoms with van der Waals surface area (Å²) >= 11 is 0. The Morgan fingerprint density at radius 1 is 1.31 bits per heavy atom. The van der Waals surface area contributed by atoms with Crippen LogP contribution in [0.5, 0.6) is 0 Å². The number of aliphatic hydroxyl groups is 1. The number of aliphatic hydroxyl groups excluding tert-OH is 1.